The lowest BCUT2D eigenvalue weighted by Gasteiger charge is -2.43. The molecule has 1 unspecified atom stereocenters. The minimum absolute atomic E-state index is 0.0132. The molecule has 186 valence electrons. The van der Waals surface area contributed by atoms with Gasteiger partial charge in [0.1, 0.15) is 17.6 Å². The Morgan fingerprint density at radius 1 is 1.06 bits per heavy atom. The molecule has 0 bridgehead atoms. The Morgan fingerprint density at radius 2 is 1.66 bits per heavy atom. The van der Waals surface area contributed by atoms with E-state index in [9.17, 15) is 35.1 Å². The Bertz CT molecular complexity index is 1230. The van der Waals surface area contributed by atoms with E-state index in [2.05, 4.69) is 0 Å². The third-order valence-corrected chi connectivity index (χ3v) is 7.33. The summed E-state index contributed by atoms with van der Waals surface area (Å²) < 4.78 is 11.5. The maximum Gasteiger partial charge on any atom is 0.198 e. The fourth-order valence-corrected chi connectivity index (χ4v) is 5.21. The van der Waals surface area contributed by atoms with E-state index in [4.69, 9.17) is 15.2 Å². The van der Waals surface area contributed by atoms with Crippen LogP contribution in [-0.2, 0) is 15.9 Å². The van der Waals surface area contributed by atoms with Crippen molar-refractivity contribution in [2.24, 2.45) is 5.73 Å². The Labute approximate surface area is 200 Å². The van der Waals surface area contributed by atoms with Crippen LogP contribution in [0.1, 0.15) is 68.8 Å². The molecule has 2 aromatic rings. The molecule has 10 heteroatoms. The molecule has 1 fully saturated rings. The van der Waals surface area contributed by atoms with E-state index in [0.717, 1.165) is 0 Å². The highest BCUT2D eigenvalue weighted by Gasteiger charge is 2.47. The smallest absolute Gasteiger partial charge is 0.198 e. The van der Waals surface area contributed by atoms with Crippen LogP contribution in [0.4, 0.5) is 0 Å². The number of hydrogen-bond donors (Lipinski definition) is 6. The number of benzene rings is 2. The molecule has 6 atom stereocenters. The summed E-state index contributed by atoms with van der Waals surface area (Å²) in [6, 6.07) is 6.15. The van der Waals surface area contributed by atoms with E-state index >= 15 is 0 Å². The summed E-state index contributed by atoms with van der Waals surface area (Å²) in [5.41, 5.74) is 4.95. The highest BCUT2D eigenvalue weighted by Crippen LogP contribution is 2.51. The molecule has 2 aromatic carbocycles. The summed E-state index contributed by atoms with van der Waals surface area (Å²) in [6.07, 6.45) is -5.45. The molecular weight excluding hydrogens is 461 g/mol. The first-order valence-corrected chi connectivity index (χ1v) is 11.4. The summed E-state index contributed by atoms with van der Waals surface area (Å²) in [7, 11) is 0. The number of phenolic OH excluding ortho intramolecular Hbond substituents is 2. The van der Waals surface area contributed by atoms with Gasteiger partial charge in [-0.2, -0.15) is 0 Å². The lowest BCUT2D eigenvalue weighted by Crippen LogP contribution is -2.55. The SMILES string of the molecule is [13CH3]C(O)[C@]1(N)Cc2c(O)c3c(c(O)c2[C@@H](O[C@H]2C[C@@H](O)[C@H](O)CO2)C1)C(=O)[13c]1cccc[13c]1C3=O. The van der Waals surface area contributed by atoms with Gasteiger partial charge in [-0.15, -0.1) is 0 Å². The first kappa shape index (κ1) is 23.9. The molecule has 1 heterocycles. The number of carbonyl (C=O) groups is 2. The van der Waals surface area contributed by atoms with Crippen LogP contribution < -0.4 is 5.73 Å². The third kappa shape index (κ3) is 3.65. The Kier molecular flexibility index (Phi) is 5.71. The molecule has 10 nitrogen and oxygen atoms in total. The Balaban J connectivity index is 1.66. The van der Waals surface area contributed by atoms with Gasteiger partial charge in [-0.05, 0) is 19.8 Å². The maximum absolute atomic E-state index is 13.3. The van der Waals surface area contributed by atoms with Crippen LogP contribution in [0.5, 0.6) is 11.5 Å². The molecule has 7 N–H and O–H groups in total. The number of rotatable bonds is 3. The van der Waals surface area contributed by atoms with Crippen molar-refractivity contribution < 1.29 is 44.6 Å². The van der Waals surface area contributed by atoms with Gasteiger partial charge in [-0.3, -0.25) is 9.59 Å². The van der Waals surface area contributed by atoms with Gasteiger partial charge in [-0.1, -0.05) is 24.3 Å². The monoisotopic (exact) mass is 488 g/mol. The van der Waals surface area contributed by atoms with Crippen molar-refractivity contribution >= 4 is 11.6 Å². The van der Waals surface area contributed by atoms with Crippen LogP contribution in [0.2, 0.25) is 0 Å². The van der Waals surface area contributed by atoms with Gasteiger partial charge in [0.15, 0.2) is 17.9 Å². The molecule has 1 aliphatic heterocycles. The molecule has 0 saturated carbocycles. The van der Waals surface area contributed by atoms with E-state index in [1.54, 1.807) is 12.1 Å². The minimum atomic E-state index is -1.30. The normalized spacial score (nSPS) is 30.9. The van der Waals surface area contributed by atoms with Gasteiger partial charge in [-0.25, -0.2) is 0 Å². The number of fused-ring (bicyclic) bond motifs is 3. The highest BCUT2D eigenvalue weighted by atomic mass is 16.7. The molecule has 1 saturated heterocycles. The van der Waals surface area contributed by atoms with Crippen molar-refractivity contribution in [3.8, 4) is 11.5 Å². The molecule has 5 rings (SSSR count). The number of ketones is 2. The van der Waals surface area contributed by atoms with E-state index < -0.39 is 59.3 Å². The van der Waals surface area contributed by atoms with Crippen LogP contribution in [0.25, 0.3) is 0 Å². The number of phenols is 2. The second-order valence-electron chi connectivity index (χ2n) is 9.59. The second kappa shape index (κ2) is 8.37. The van der Waals surface area contributed by atoms with Crippen molar-refractivity contribution in [1.29, 1.82) is 0 Å². The topological polar surface area (TPSA) is 180 Å². The zero-order valence-corrected chi connectivity index (χ0v) is 19.0. The largest absolute Gasteiger partial charge is 0.507 e. The van der Waals surface area contributed by atoms with Crippen LogP contribution >= 0.6 is 0 Å². The average molecular weight is 488 g/mol. The predicted octanol–water partition coefficient (Wildman–Crippen LogP) is 0.424. The van der Waals surface area contributed by atoms with Crippen LogP contribution in [0, 0.1) is 0 Å². The molecule has 0 aromatic heterocycles. The molecule has 3 aliphatic rings. The van der Waals surface area contributed by atoms with E-state index in [1.165, 1.54) is 19.1 Å². The zero-order chi connectivity index (χ0) is 25.2. The molecule has 0 radical (unpaired) electrons. The summed E-state index contributed by atoms with van der Waals surface area (Å²) in [5.74, 6) is -2.22. The van der Waals surface area contributed by atoms with Crippen LogP contribution in [0.3, 0.4) is 0 Å². The summed E-state index contributed by atoms with van der Waals surface area (Å²) >= 11 is 0. The number of carbonyl (C=O) groups excluding carboxylic acids is 2. The molecule has 0 spiro atoms. The quantitative estimate of drug-likeness (QED) is 0.223. The van der Waals surface area contributed by atoms with Crippen molar-refractivity contribution in [2.75, 3.05) is 6.61 Å². The maximum atomic E-state index is 13.3. The van der Waals surface area contributed by atoms with Gasteiger partial charge < -0.3 is 40.7 Å². The zero-order valence-electron chi connectivity index (χ0n) is 19.0. The van der Waals surface area contributed by atoms with Gasteiger partial charge >= 0.3 is 0 Å². The first-order chi connectivity index (χ1) is 16.5. The fourth-order valence-electron chi connectivity index (χ4n) is 5.21. The van der Waals surface area contributed by atoms with E-state index in [0.29, 0.717) is 0 Å². The van der Waals surface area contributed by atoms with Crippen molar-refractivity contribution in [2.45, 2.75) is 62.4 Å². The number of hydrogen-bond acceptors (Lipinski definition) is 10. The number of nitrogens with two attached hydrogens (primary N) is 1. The summed E-state index contributed by atoms with van der Waals surface area (Å²) in [5, 5.41) is 52.8. The predicted molar refractivity (Wildman–Crippen MR) is 120 cm³/mol. The lowest BCUT2D eigenvalue weighted by atomic mass is 9.72. The lowest BCUT2D eigenvalue weighted by molar-refractivity contribution is -0.239. The van der Waals surface area contributed by atoms with Crippen LogP contribution in [0.15, 0.2) is 24.3 Å². The average Bonchev–Trinajstić information content (AvgIpc) is 2.82. The van der Waals surface area contributed by atoms with Gasteiger partial charge in [0.05, 0.1) is 36.0 Å². The van der Waals surface area contributed by atoms with Gasteiger partial charge in [0.25, 0.3) is 0 Å². The molecule has 0 amide bonds. The summed E-state index contributed by atoms with van der Waals surface area (Å²) in [6.45, 7) is 1.31. The number of aliphatic hydroxyl groups is 3. The van der Waals surface area contributed by atoms with Crippen molar-refractivity contribution in [1.82, 2.24) is 0 Å². The Hall–Kier alpha value is -2.86. The molecular formula is C25H27NO9. The Morgan fingerprint density at radius 3 is 2.23 bits per heavy atom. The fraction of sp³-hybridized carbons (Fsp3) is 0.440. The number of aromatic hydroxyl groups is 2. The van der Waals surface area contributed by atoms with Crippen LogP contribution in [-0.4, -0.2) is 73.8 Å². The standard InChI is InChI=1S/C25H27NO9/c1-10(27)25(26)7-13-18(16(8-25)35-17-6-14(28)15(29)9-34-17)24(33)20-19(23(13)32)21(30)11-4-2-3-5-12(11)22(20)31/h2-5,10,14-17,27-29,32-33H,6-9,26H2,1H3/t10?,14-,15-,16+,17+,25+/m1/s1/i1+1,11+1,12+1. The minimum Gasteiger partial charge on any atom is -0.507 e. The molecule has 2 aliphatic carbocycles. The van der Waals surface area contributed by atoms with Gasteiger partial charge in [0.2, 0.25) is 0 Å². The van der Waals surface area contributed by atoms with Crippen molar-refractivity contribution in [3.05, 3.63) is 57.6 Å². The second-order valence-corrected chi connectivity index (χ2v) is 9.59. The number of ether oxygens (including phenoxy) is 2. The summed E-state index contributed by atoms with van der Waals surface area (Å²) in [4.78, 5) is 26.6. The van der Waals surface area contributed by atoms with E-state index in [1.807, 2.05) is 0 Å². The van der Waals surface area contributed by atoms with Crippen molar-refractivity contribution in [3.63, 3.8) is 0 Å². The number of aliphatic hydroxyl groups excluding tert-OH is 3. The first-order valence-electron chi connectivity index (χ1n) is 11.4. The van der Waals surface area contributed by atoms with Gasteiger partial charge in [0, 0.05) is 34.2 Å². The highest BCUT2D eigenvalue weighted by molar-refractivity contribution is 6.30. The molecule has 35 heavy (non-hydrogen) atoms. The third-order valence-electron chi connectivity index (χ3n) is 7.33. The van der Waals surface area contributed by atoms with E-state index in [-0.39, 0.29) is 59.3 Å².